The molecule has 104 valence electrons. The van der Waals surface area contributed by atoms with E-state index in [0.29, 0.717) is 6.61 Å². The number of nitrogens with one attached hydrogen (secondary N) is 1. The van der Waals surface area contributed by atoms with Crippen molar-refractivity contribution in [1.29, 1.82) is 0 Å². The van der Waals surface area contributed by atoms with Crippen molar-refractivity contribution in [3.05, 3.63) is 34.5 Å². The largest absolute Gasteiger partial charge is 0.459 e. The summed E-state index contributed by atoms with van der Waals surface area (Å²) in [4.78, 5) is 0. The second-order valence-electron chi connectivity index (χ2n) is 4.55. The van der Waals surface area contributed by atoms with Gasteiger partial charge in [0.05, 0.1) is 25.3 Å². The van der Waals surface area contributed by atoms with Crippen LogP contribution in [0.4, 0.5) is 0 Å². The lowest BCUT2D eigenvalue weighted by Gasteiger charge is -2.19. The molecule has 0 aliphatic heterocycles. The van der Waals surface area contributed by atoms with Crippen molar-refractivity contribution in [3.8, 4) is 0 Å². The number of benzene rings is 1. The molecule has 19 heavy (non-hydrogen) atoms. The molecule has 5 heteroatoms. The van der Waals surface area contributed by atoms with E-state index in [1.807, 2.05) is 31.2 Å². The van der Waals surface area contributed by atoms with E-state index in [9.17, 15) is 5.11 Å². The Morgan fingerprint density at radius 2 is 2.21 bits per heavy atom. The van der Waals surface area contributed by atoms with Gasteiger partial charge in [-0.3, -0.25) is 0 Å². The lowest BCUT2D eigenvalue weighted by Crippen LogP contribution is -2.37. The fraction of sp³-hybridized carbons (Fsp3) is 0.429. The Labute approximate surface area is 120 Å². The molecule has 0 saturated heterocycles. The molecule has 1 aromatic carbocycles. The van der Waals surface area contributed by atoms with Crippen LogP contribution >= 0.6 is 15.9 Å². The monoisotopic (exact) mass is 327 g/mol. The van der Waals surface area contributed by atoms with E-state index in [1.165, 1.54) is 0 Å². The molecular formula is C14H18BrNO3. The molecule has 2 unspecified atom stereocenters. The summed E-state index contributed by atoms with van der Waals surface area (Å²) in [5.74, 6) is 0.850. The highest BCUT2D eigenvalue weighted by molar-refractivity contribution is 9.10. The smallest absolute Gasteiger partial charge is 0.134 e. The summed E-state index contributed by atoms with van der Waals surface area (Å²) in [6.07, 6.45) is 0. The maximum atomic E-state index is 9.25. The molecular weight excluding hydrogens is 310 g/mol. The van der Waals surface area contributed by atoms with E-state index >= 15 is 0 Å². The lowest BCUT2D eigenvalue weighted by atomic mass is 10.2. The van der Waals surface area contributed by atoms with Gasteiger partial charge in [0.2, 0.25) is 0 Å². The quantitative estimate of drug-likeness (QED) is 0.856. The van der Waals surface area contributed by atoms with Gasteiger partial charge < -0.3 is 19.6 Å². The lowest BCUT2D eigenvalue weighted by molar-refractivity contribution is 0.122. The summed E-state index contributed by atoms with van der Waals surface area (Å²) < 4.78 is 11.9. The van der Waals surface area contributed by atoms with Crippen molar-refractivity contribution in [2.24, 2.45) is 0 Å². The number of fused-ring (bicyclic) bond motifs is 1. The maximum absolute atomic E-state index is 9.25. The van der Waals surface area contributed by atoms with Crippen LogP contribution in [0.3, 0.4) is 0 Å². The first-order valence-electron chi connectivity index (χ1n) is 6.19. The predicted octanol–water partition coefficient (Wildman–Crippen LogP) is 2.85. The Kier molecular flexibility index (Phi) is 4.99. The van der Waals surface area contributed by atoms with Crippen LogP contribution in [0.15, 0.2) is 33.2 Å². The van der Waals surface area contributed by atoms with E-state index in [-0.39, 0.29) is 18.7 Å². The normalized spacial score (nSPS) is 14.7. The Balaban J connectivity index is 2.14. The summed E-state index contributed by atoms with van der Waals surface area (Å²) in [7, 11) is 1.62. The second kappa shape index (κ2) is 6.52. The number of hydrogen-bond acceptors (Lipinski definition) is 4. The number of aliphatic hydroxyl groups excluding tert-OH is 1. The van der Waals surface area contributed by atoms with Crippen LogP contribution in [-0.4, -0.2) is 31.5 Å². The number of rotatable bonds is 6. The van der Waals surface area contributed by atoms with Crippen LogP contribution < -0.4 is 5.32 Å². The first kappa shape index (κ1) is 14.5. The number of halogens is 1. The molecule has 0 amide bonds. The van der Waals surface area contributed by atoms with Gasteiger partial charge in [0, 0.05) is 17.0 Å². The Morgan fingerprint density at radius 1 is 1.42 bits per heavy atom. The van der Waals surface area contributed by atoms with Crippen molar-refractivity contribution >= 4 is 26.9 Å². The van der Waals surface area contributed by atoms with Crippen LogP contribution in [0.1, 0.15) is 18.7 Å². The predicted molar refractivity (Wildman–Crippen MR) is 78.2 cm³/mol. The number of ether oxygens (including phenoxy) is 1. The molecule has 0 saturated carbocycles. The van der Waals surface area contributed by atoms with E-state index in [4.69, 9.17) is 9.15 Å². The molecule has 0 radical (unpaired) electrons. The zero-order chi connectivity index (χ0) is 13.8. The first-order valence-corrected chi connectivity index (χ1v) is 6.98. The minimum Gasteiger partial charge on any atom is -0.459 e. The maximum Gasteiger partial charge on any atom is 0.134 e. The molecule has 0 spiro atoms. The third kappa shape index (κ3) is 3.57. The van der Waals surface area contributed by atoms with Gasteiger partial charge in [-0.1, -0.05) is 15.9 Å². The van der Waals surface area contributed by atoms with Crippen molar-refractivity contribution in [3.63, 3.8) is 0 Å². The number of methoxy groups -OCH3 is 1. The molecule has 2 N–H and O–H groups in total. The van der Waals surface area contributed by atoms with Crippen LogP contribution in [0.5, 0.6) is 0 Å². The highest BCUT2D eigenvalue weighted by Gasteiger charge is 2.16. The first-order chi connectivity index (χ1) is 9.13. The van der Waals surface area contributed by atoms with Crippen molar-refractivity contribution in [1.82, 2.24) is 5.32 Å². The third-order valence-electron chi connectivity index (χ3n) is 3.00. The minimum atomic E-state index is -0.0973. The van der Waals surface area contributed by atoms with E-state index < -0.39 is 0 Å². The molecule has 0 aliphatic carbocycles. The fourth-order valence-electron chi connectivity index (χ4n) is 2.04. The summed E-state index contributed by atoms with van der Waals surface area (Å²) in [5.41, 5.74) is 0.860. The minimum absolute atomic E-state index is 0.0125. The van der Waals surface area contributed by atoms with Gasteiger partial charge in [-0.25, -0.2) is 0 Å². The molecule has 4 nitrogen and oxygen atoms in total. The van der Waals surface area contributed by atoms with Gasteiger partial charge in [0.15, 0.2) is 0 Å². The van der Waals surface area contributed by atoms with Gasteiger partial charge >= 0.3 is 0 Å². The van der Waals surface area contributed by atoms with Crippen molar-refractivity contribution < 1.29 is 14.3 Å². The second-order valence-corrected chi connectivity index (χ2v) is 5.47. The van der Waals surface area contributed by atoms with Gasteiger partial charge in [-0.2, -0.15) is 0 Å². The molecule has 1 heterocycles. The average Bonchev–Trinajstić information content (AvgIpc) is 2.81. The van der Waals surface area contributed by atoms with Crippen molar-refractivity contribution in [2.75, 3.05) is 20.3 Å². The molecule has 0 bridgehead atoms. The van der Waals surface area contributed by atoms with Gasteiger partial charge in [-0.05, 0) is 31.2 Å². The topological polar surface area (TPSA) is 54.6 Å². The number of hydrogen-bond donors (Lipinski definition) is 2. The van der Waals surface area contributed by atoms with E-state index in [1.54, 1.807) is 7.11 Å². The Hall–Kier alpha value is -0.880. The SMILES string of the molecule is COCC(CO)NC(C)c1cc2cc(Br)ccc2o1. The summed E-state index contributed by atoms with van der Waals surface area (Å²) in [6, 6.07) is 7.84. The number of furan rings is 1. The summed E-state index contributed by atoms with van der Waals surface area (Å²) >= 11 is 3.44. The molecule has 0 aliphatic rings. The molecule has 0 fully saturated rings. The summed E-state index contributed by atoms with van der Waals surface area (Å²) in [5, 5.41) is 13.6. The number of aliphatic hydroxyl groups is 1. The highest BCUT2D eigenvalue weighted by atomic mass is 79.9. The highest BCUT2D eigenvalue weighted by Crippen LogP contribution is 2.26. The molecule has 2 atom stereocenters. The zero-order valence-corrected chi connectivity index (χ0v) is 12.6. The van der Waals surface area contributed by atoms with E-state index in [0.717, 1.165) is 21.2 Å². The molecule has 1 aromatic heterocycles. The fourth-order valence-corrected chi connectivity index (χ4v) is 2.42. The third-order valence-corrected chi connectivity index (χ3v) is 3.49. The van der Waals surface area contributed by atoms with E-state index in [2.05, 4.69) is 21.2 Å². The standard InChI is InChI=1S/C14H18BrNO3/c1-9(16-12(7-17)8-18-2)14-6-10-5-11(15)3-4-13(10)19-14/h3-6,9,12,16-17H,7-8H2,1-2H3. The zero-order valence-electron chi connectivity index (χ0n) is 11.0. The van der Waals surface area contributed by atoms with Crippen LogP contribution in [0, 0.1) is 0 Å². The van der Waals surface area contributed by atoms with Gasteiger partial charge in [0.25, 0.3) is 0 Å². The average molecular weight is 328 g/mol. The van der Waals surface area contributed by atoms with Crippen LogP contribution in [0.2, 0.25) is 0 Å². The molecule has 2 aromatic rings. The van der Waals surface area contributed by atoms with Gasteiger partial charge in [0.1, 0.15) is 11.3 Å². The van der Waals surface area contributed by atoms with Gasteiger partial charge in [-0.15, -0.1) is 0 Å². The van der Waals surface area contributed by atoms with Crippen molar-refractivity contribution in [2.45, 2.75) is 19.0 Å². The summed E-state index contributed by atoms with van der Waals surface area (Å²) in [6.45, 7) is 2.50. The molecule has 2 rings (SSSR count). The Bertz CT molecular complexity index is 540. The Morgan fingerprint density at radius 3 is 2.89 bits per heavy atom. The van der Waals surface area contributed by atoms with Crippen LogP contribution in [-0.2, 0) is 4.74 Å². The van der Waals surface area contributed by atoms with Crippen LogP contribution in [0.25, 0.3) is 11.0 Å².